The van der Waals surface area contributed by atoms with Crippen molar-refractivity contribution in [2.45, 2.75) is 32.7 Å². The molecule has 1 aromatic rings. The highest BCUT2D eigenvalue weighted by atomic mass is 35.5. The van der Waals surface area contributed by atoms with Crippen molar-refractivity contribution in [2.75, 3.05) is 11.4 Å². The van der Waals surface area contributed by atoms with E-state index < -0.39 is 0 Å². The molecule has 0 spiro atoms. The minimum absolute atomic E-state index is 0.174. The fourth-order valence-electron chi connectivity index (χ4n) is 2.22. The fraction of sp³-hybridized carbons (Fsp3) is 0.583. The molecule has 2 rings (SSSR count). The molecule has 1 fully saturated rings. The van der Waals surface area contributed by atoms with Crippen LogP contribution in [0.15, 0.2) is 6.20 Å². The first-order valence-corrected chi connectivity index (χ1v) is 6.18. The first-order chi connectivity index (χ1) is 8.13. The van der Waals surface area contributed by atoms with E-state index in [0.29, 0.717) is 12.0 Å². The van der Waals surface area contributed by atoms with Gasteiger partial charge in [-0.05, 0) is 25.7 Å². The predicted octanol–water partition coefficient (Wildman–Crippen LogP) is 3.31. The van der Waals surface area contributed by atoms with Crippen LogP contribution in [0.2, 0.25) is 5.15 Å². The van der Waals surface area contributed by atoms with Crippen molar-refractivity contribution in [1.82, 2.24) is 9.97 Å². The van der Waals surface area contributed by atoms with Crippen LogP contribution in [0.25, 0.3) is 4.85 Å². The Hall–Kier alpha value is -1.34. The van der Waals surface area contributed by atoms with Gasteiger partial charge in [-0.15, -0.1) is 4.98 Å². The van der Waals surface area contributed by atoms with Crippen molar-refractivity contribution in [3.05, 3.63) is 22.8 Å². The maximum absolute atomic E-state index is 6.90. The molecular formula is C12H15ClN4. The van der Waals surface area contributed by atoms with E-state index in [9.17, 15) is 0 Å². The molecule has 0 aliphatic carbocycles. The number of aromatic nitrogens is 2. The minimum atomic E-state index is 0.174. The molecule has 1 saturated heterocycles. The van der Waals surface area contributed by atoms with Gasteiger partial charge in [0.05, 0.1) is 0 Å². The second kappa shape index (κ2) is 4.89. The second-order valence-electron chi connectivity index (χ2n) is 4.51. The van der Waals surface area contributed by atoms with Gasteiger partial charge < -0.3 is 9.74 Å². The summed E-state index contributed by atoms with van der Waals surface area (Å²) >= 11 is 5.92. The summed E-state index contributed by atoms with van der Waals surface area (Å²) in [6.07, 6.45) is 4.06. The molecule has 5 heteroatoms. The number of hydrogen-bond acceptors (Lipinski definition) is 3. The molecule has 1 aromatic heterocycles. The lowest BCUT2D eigenvalue weighted by Crippen LogP contribution is -2.42. The van der Waals surface area contributed by atoms with Gasteiger partial charge in [0, 0.05) is 12.6 Å². The highest BCUT2D eigenvalue weighted by molar-refractivity contribution is 6.31. The highest BCUT2D eigenvalue weighted by Gasteiger charge is 2.26. The molecule has 2 heterocycles. The van der Waals surface area contributed by atoms with Crippen LogP contribution in [0.5, 0.6) is 0 Å². The van der Waals surface area contributed by atoms with E-state index in [4.69, 9.17) is 18.2 Å². The van der Waals surface area contributed by atoms with E-state index in [2.05, 4.69) is 33.6 Å². The Balaban J connectivity index is 2.28. The zero-order chi connectivity index (χ0) is 12.4. The summed E-state index contributed by atoms with van der Waals surface area (Å²) in [7, 11) is 0. The first kappa shape index (κ1) is 12.1. The van der Waals surface area contributed by atoms with Crippen LogP contribution < -0.4 is 4.90 Å². The van der Waals surface area contributed by atoms with Crippen LogP contribution in [0.4, 0.5) is 11.6 Å². The average Bonchev–Trinajstić information content (AvgIpc) is 2.32. The third-order valence-electron chi connectivity index (χ3n) is 3.47. The lowest BCUT2D eigenvalue weighted by atomic mass is 9.92. The van der Waals surface area contributed by atoms with Gasteiger partial charge in [0.15, 0.2) is 17.2 Å². The molecule has 0 bridgehead atoms. The van der Waals surface area contributed by atoms with E-state index in [1.165, 1.54) is 6.42 Å². The van der Waals surface area contributed by atoms with Crippen LogP contribution in [-0.4, -0.2) is 22.6 Å². The molecule has 0 saturated carbocycles. The number of rotatable bonds is 1. The molecule has 0 radical (unpaired) electrons. The van der Waals surface area contributed by atoms with Gasteiger partial charge in [-0.25, -0.2) is 4.98 Å². The van der Waals surface area contributed by atoms with Crippen molar-refractivity contribution in [1.29, 1.82) is 0 Å². The lowest BCUT2D eigenvalue weighted by molar-refractivity contribution is 0.361. The summed E-state index contributed by atoms with van der Waals surface area (Å²) in [4.78, 5) is 13.7. The number of piperidine rings is 1. The predicted molar refractivity (Wildman–Crippen MR) is 68.5 cm³/mol. The van der Waals surface area contributed by atoms with E-state index in [1.54, 1.807) is 6.20 Å². The Kier molecular flexibility index (Phi) is 3.49. The smallest absolute Gasteiger partial charge is 0.307 e. The quantitative estimate of drug-likeness (QED) is 0.717. The zero-order valence-corrected chi connectivity index (χ0v) is 10.8. The van der Waals surface area contributed by atoms with Gasteiger partial charge in [0.1, 0.15) is 0 Å². The maximum Gasteiger partial charge on any atom is 0.307 e. The Morgan fingerprint density at radius 2 is 2.29 bits per heavy atom. The largest absolute Gasteiger partial charge is 0.358 e. The molecule has 1 aliphatic rings. The van der Waals surface area contributed by atoms with Gasteiger partial charge in [-0.2, -0.15) is 0 Å². The topological polar surface area (TPSA) is 33.4 Å². The minimum Gasteiger partial charge on any atom is -0.358 e. The molecule has 90 valence electrons. The summed E-state index contributed by atoms with van der Waals surface area (Å²) in [5.41, 5.74) is 0. The van der Waals surface area contributed by atoms with Gasteiger partial charge in [0.2, 0.25) is 0 Å². The van der Waals surface area contributed by atoms with Gasteiger partial charge in [0.25, 0.3) is 0 Å². The van der Waals surface area contributed by atoms with Crippen molar-refractivity contribution in [3.63, 3.8) is 0 Å². The third-order valence-corrected chi connectivity index (χ3v) is 3.73. The molecule has 1 aliphatic heterocycles. The molecule has 2 atom stereocenters. The summed E-state index contributed by atoms with van der Waals surface area (Å²) in [6.45, 7) is 12.3. The normalized spacial score (nSPS) is 24.5. The van der Waals surface area contributed by atoms with Crippen molar-refractivity contribution < 1.29 is 0 Å². The number of anilines is 1. The van der Waals surface area contributed by atoms with Crippen LogP contribution in [-0.2, 0) is 0 Å². The van der Waals surface area contributed by atoms with E-state index >= 15 is 0 Å². The van der Waals surface area contributed by atoms with Crippen LogP contribution >= 0.6 is 11.6 Å². The zero-order valence-electron chi connectivity index (χ0n) is 10.0. The van der Waals surface area contributed by atoms with Crippen molar-refractivity contribution in [2.24, 2.45) is 5.92 Å². The molecular weight excluding hydrogens is 236 g/mol. The monoisotopic (exact) mass is 250 g/mol. The third kappa shape index (κ3) is 2.34. The summed E-state index contributed by atoms with van der Waals surface area (Å²) < 4.78 is 0. The van der Waals surface area contributed by atoms with Crippen molar-refractivity contribution in [3.8, 4) is 0 Å². The summed E-state index contributed by atoms with van der Waals surface area (Å²) in [5.74, 6) is 1.60. The Morgan fingerprint density at radius 1 is 1.53 bits per heavy atom. The molecule has 0 N–H and O–H groups in total. The van der Waals surface area contributed by atoms with Gasteiger partial charge >= 0.3 is 5.82 Å². The maximum atomic E-state index is 6.90. The molecule has 4 nitrogen and oxygen atoms in total. The Morgan fingerprint density at radius 3 is 2.94 bits per heavy atom. The molecule has 17 heavy (non-hydrogen) atoms. The average molecular weight is 251 g/mol. The Bertz CT molecular complexity index is 454. The fourth-order valence-corrected chi connectivity index (χ4v) is 2.40. The summed E-state index contributed by atoms with van der Waals surface area (Å²) in [5, 5.41) is 0.197. The first-order valence-electron chi connectivity index (χ1n) is 5.80. The van der Waals surface area contributed by atoms with Crippen LogP contribution in [0, 0.1) is 12.5 Å². The van der Waals surface area contributed by atoms with E-state index in [0.717, 1.165) is 18.8 Å². The van der Waals surface area contributed by atoms with Crippen LogP contribution in [0.3, 0.4) is 0 Å². The van der Waals surface area contributed by atoms with Gasteiger partial charge in [-0.1, -0.05) is 25.1 Å². The number of halogens is 1. The van der Waals surface area contributed by atoms with Crippen molar-refractivity contribution >= 4 is 23.2 Å². The van der Waals surface area contributed by atoms with E-state index in [1.807, 2.05) is 0 Å². The lowest BCUT2D eigenvalue weighted by Gasteiger charge is -2.38. The number of hydrogen-bond donors (Lipinski definition) is 0. The van der Waals surface area contributed by atoms with E-state index in [-0.39, 0.29) is 11.0 Å². The molecule has 0 aromatic carbocycles. The molecule has 0 amide bonds. The second-order valence-corrected chi connectivity index (χ2v) is 4.87. The Labute approximate surface area is 106 Å². The molecule has 0 unspecified atom stereocenters. The standard InChI is InChI=1S/C12H15ClN4/c1-8-5-4-6-17(9(8)2)10-7-15-12(14-3)11(13)16-10/h7-9H,4-6H2,1-2H3/t8-,9-/m1/s1. The van der Waals surface area contributed by atoms with Gasteiger partial charge in [-0.3, -0.25) is 0 Å². The summed E-state index contributed by atoms with van der Waals surface area (Å²) in [6, 6.07) is 0.438. The SMILES string of the molecule is [C-]#[N+]c1ncc(N2CCC[C@@H](C)[C@H]2C)nc1Cl. The highest BCUT2D eigenvalue weighted by Crippen LogP contribution is 2.29. The van der Waals surface area contributed by atoms with Crippen LogP contribution in [0.1, 0.15) is 26.7 Å². The number of nitrogens with zero attached hydrogens (tertiary/aromatic N) is 4.